The van der Waals surface area contributed by atoms with Crippen LogP contribution in [0.3, 0.4) is 0 Å². The molecule has 0 aliphatic heterocycles. The minimum absolute atomic E-state index is 0. The van der Waals surface area contributed by atoms with Crippen molar-refractivity contribution >= 4 is 11.9 Å². The number of carboxylic acids is 2. The van der Waals surface area contributed by atoms with Gasteiger partial charge < -0.3 is 19.8 Å². The summed E-state index contributed by atoms with van der Waals surface area (Å²) < 4.78 is 0. The summed E-state index contributed by atoms with van der Waals surface area (Å²) in [6.07, 6.45) is 11.2. The average molecular weight is 518 g/mol. The van der Waals surface area contributed by atoms with Crippen LogP contribution in [0.2, 0.25) is 0 Å². The molecule has 0 amide bonds. The third kappa shape index (κ3) is 33.2. The van der Waals surface area contributed by atoms with Gasteiger partial charge in [0.15, 0.2) is 0 Å². The number of hydrogen-bond donors (Lipinski definition) is 0. The summed E-state index contributed by atoms with van der Waals surface area (Å²) in [5.74, 6) is -1.84. The van der Waals surface area contributed by atoms with Gasteiger partial charge in [0.2, 0.25) is 0 Å². The van der Waals surface area contributed by atoms with Gasteiger partial charge in [0.05, 0.1) is 0 Å². The maximum Gasteiger partial charge on any atom is 2.00 e. The summed E-state index contributed by atoms with van der Waals surface area (Å²) in [5.41, 5.74) is 0. The third-order valence-electron chi connectivity index (χ3n) is 2.97. The van der Waals surface area contributed by atoms with Gasteiger partial charge >= 0.3 is 39.9 Å². The monoisotopic (exact) mass is 518 g/mol. The predicted octanol–water partition coefficient (Wildman–Crippen LogP) is 2.19. The second-order valence-corrected chi connectivity index (χ2v) is 5.07. The van der Waals surface area contributed by atoms with Gasteiger partial charge in [-0.1, -0.05) is 65.2 Å². The number of carboxylic acid groups (broad SMARTS) is 2. The Morgan fingerprint density at radius 3 is 1.14 bits per heavy atom. The van der Waals surface area contributed by atoms with Crippen molar-refractivity contribution in [2.45, 2.75) is 90.9 Å². The molecule has 0 radical (unpaired) electrons. The molecule has 0 spiro atoms. The number of aliphatic carboxylic acids is 2. The van der Waals surface area contributed by atoms with E-state index in [1.54, 1.807) is 0 Å². The normalized spacial score (nSPS) is 9.24. The molecule has 0 aromatic rings. The Kier molecular flexibility index (Phi) is 28.1. The molecule has 122 valence electrons. The van der Waals surface area contributed by atoms with Crippen LogP contribution in [-0.4, -0.2) is 11.9 Å². The van der Waals surface area contributed by atoms with Gasteiger partial charge in [-0.3, -0.25) is 0 Å². The van der Waals surface area contributed by atoms with E-state index in [1.807, 2.05) is 0 Å². The molecule has 0 rings (SSSR count). The first-order valence-electron chi connectivity index (χ1n) is 7.94. The largest absolute Gasteiger partial charge is 2.00 e. The van der Waals surface area contributed by atoms with Crippen molar-refractivity contribution in [2.24, 2.45) is 0 Å². The molecule has 0 aliphatic carbocycles. The molecular weight excluding hydrogens is 488 g/mol. The summed E-state index contributed by atoms with van der Waals surface area (Å²) in [6.45, 7) is 4.28. The molecule has 0 unspecified atom stereocenters. The summed E-state index contributed by atoms with van der Waals surface area (Å²) in [4.78, 5) is 19.8. The molecule has 0 fully saturated rings. The summed E-state index contributed by atoms with van der Waals surface area (Å²) in [7, 11) is 0. The van der Waals surface area contributed by atoms with Crippen LogP contribution in [0.5, 0.6) is 0 Å². The van der Waals surface area contributed by atoms with Gasteiger partial charge in [0, 0.05) is 11.9 Å². The van der Waals surface area contributed by atoms with E-state index in [0.717, 1.165) is 38.5 Å². The molecule has 0 saturated carbocycles. The number of carbonyl (C=O) groups excluding carboxylic acids is 2. The molecule has 21 heavy (non-hydrogen) atoms. The fourth-order valence-electron chi connectivity index (χ4n) is 1.75. The van der Waals surface area contributed by atoms with Gasteiger partial charge in [-0.05, 0) is 25.7 Å². The number of rotatable bonds is 12. The average Bonchev–Trinajstić information content (AvgIpc) is 2.38. The molecule has 0 aromatic heterocycles. The Morgan fingerprint density at radius 1 is 0.619 bits per heavy atom. The maximum absolute atomic E-state index is 9.92. The zero-order chi connectivity index (χ0) is 15.6. The minimum Gasteiger partial charge on any atom is -0.550 e. The SMILES string of the molecule is CCCCCCCC(=O)[O-].CCCCCCCC(=O)[O-].[Th+2]. The molecule has 0 N–H and O–H groups in total. The minimum atomic E-state index is -0.920. The standard InChI is InChI=1S/2C8H16O2.Th/c2*1-2-3-4-5-6-7-8(9)10;/h2*2-7H2,1H3,(H,9,10);/q;;+2/p-2. The molecule has 0 heterocycles. The fourth-order valence-corrected chi connectivity index (χ4v) is 1.75. The Morgan fingerprint density at radius 2 is 0.905 bits per heavy atom. The van der Waals surface area contributed by atoms with Crippen molar-refractivity contribution in [3.05, 3.63) is 0 Å². The molecule has 0 aromatic carbocycles. The molecule has 5 heteroatoms. The number of hydrogen-bond acceptors (Lipinski definition) is 4. The van der Waals surface area contributed by atoms with E-state index >= 15 is 0 Å². The van der Waals surface area contributed by atoms with E-state index in [0.29, 0.717) is 0 Å². The predicted molar refractivity (Wildman–Crippen MR) is 76.8 cm³/mol. The van der Waals surface area contributed by atoms with Crippen molar-refractivity contribution in [2.75, 3.05) is 0 Å². The van der Waals surface area contributed by atoms with Gasteiger partial charge in [0.25, 0.3) is 0 Å². The molecular formula is C16H30O4Th. The van der Waals surface area contributed by atoms with E-state index in [-0.39, 0.29) is 52.8 Å². The molecule has 0 atom stereocenters. The number of unbranched alkanes of at least 4 members (excludes halogenated alkanes) is 8. The Bertz CT molecular complexity index is 208. The summed E-state index contributed by atoms with van der Waals surface area (Å²) in [6, 6.07) is 0. The smallest absolute Gasteiger partial charge is 0.550 e. The van der Waals surface area contributed by atoms with Crippen molar-refractivity contribution in [1.29, 1.82) is 0 Å². The van der Waals surface area contributed by atoms with E-state index in [4.69, 9.17) is 0 Å². The molecule has 0 bridgehead atoms. The van der Waals surface area contributed by atoms with Crippen LogP contribution >= 0.6 is 0 Å². The van der Waals surface area contributed by atoms with Crippen molar-refractivity contribution in [3.8, 4) is 0 Å². The topological polar surface area (TPSA) is 80.3 Å². The summed E-state index contributed by atoms with van der Waals surface area (Å²) in [5, 5.41) is 19.8. The Labute approximate surface area is 161 Å². The van der Waals surface area contributed by atoms with Crippen LogP contribution in [0.1, 0.15) is 90.9 Å². The molecule has 0 aliphatic rings. The van der Waals surface area contributed by atoms with E-state index in [2.05, 4.69) is 13.8 Å². The molecule has 4 nitrogen and oxygen atoms in total. The maximum atomic E-state index is 9.92. The van der Waals surface area contributed by atoms with Crippen LogP contribution in [0, 0.1) is 39.9 Å². The Balaban J connectivity index is -0.000000295. The summed E-state index contributed by atoms with van der Waals surface area (Å²) >= 11 is 0. The van der Waals surface area contributed by atoms with Crippen molar-refractivity contribution < 1.29 is 59.7 Å². The Hall–Kier alpha value is 0.265. The van der Waals surface area contributed by atoms with Crippen LogP contribution in [0.25, 0.3) is 0 Å². The first kappa shape index (κ1) is 26.2. The van der Waals surface area contributed by atoms with Gasteiger partial charge in [0.1, 0.15) is 0 Å². The van der Waals surface area contributed by atoms with E-state index in [9.17, 15) is 19.8 Å². The first-order valence-corrected chi connectivity index (χ1v) is 7.94. The second-order valence-electron chi connectivity index (χ2n) is 5.07. The van der Waals surface area contributed by atoms with Gasteiger partial charge in [-0.25, -0.2) is 0 Å². The first-order chi connectivity index (χ1) is 9.54. The zero-order valence-corrected chi connectivity index (χ0v) is 17.7. The quantitative estimate of drug-likeness (QED) is 0.371. The number of carbonyl (C=O) groups is 2. The molecule has 0 saturated heterocycles. The van der Waals surface area contributed by atoms with Crippen LogP contribution < -0.4 is 10.2 Å². The van der Waals surface area contributed by atoms with E-state index < -0.39 is 11.9 Å². The van der Waals surface area contributed by atoms with Crippen molar-refractivity contribution in [3.63, 3.8) is 0 Å². The third-order valence-corrected chi connectivity index (χ3v) is 2.97. The fraction of sp³-hybridized carbons (Fsp3) is 0.875. The van der Waals surface area contributed by atoms with Crippen LogP contribution in [0.4, 0.5) is 0 Å². The second kappa shape index (κ2) is 22.5. The van der Waals surface area contributed by atoms with Gasteiger partial charge in [-0.2, -0.15) is 0 Å². The van der Waals surface area contributed by atoms with E-state index in [1.165, 1.54) is 25.7 Å². The van der Waals surface area contributed by atoms with Crippen molar-refractivity contribution in [1.82, 2.24) is 0 Å². The zero-order valence-electron chi connectivity index (χ0n) is 13.6. The van der Waals surface area contributed by atoms with Crippen LogP contribution in [-0.2, 0) is 9.59 Å². The van der Waals surface area contributed by atoms with Gasteiger partial charge in [-0.15, -0.1) is 0 Å². The van der Waals surface area contributed by atoms with Crippen LogP contribution in [0.15, 0.2) is 0 Å².